The number of benzene rings is 1. The Morgan fingerprint density at radius 2 is 2.06 bits per heavy atom. The van der Waals surface area contributed by atoms with Gasteiger partial charge in [0.05, 0.1) is 21.3 Å². The highest BCUT2D eigenvalue weighted by atomic mass is 79.9. The van der Waals surface area contributed by atoms with Crippen LogP contribution in [-0.4, -0.2) is 12.5 Å². The van der Waals surface area contributed by atoms with Gasteiger partial charge in [-0.3, -0.25) is 4.79 Å². The maximum Gasteiger partial charge on any atom is 0.232 e. The van der Waals surface area contributed by atoms with Crippen molar-refractivity contribution in [3.63, 3.8) is 0 Å². The van der Waals surface area contributed by atoms with Crippen LogP contribution in [0.2, 0.25) is 0 Å². The highest BCUT2D eigenvalue weighted by Gasteiger charge is 2.50. The SMILES string of the molecule is O=C1Nc2cc(F)c(Br)cc2NCC12CC2. The first-order valence-corrected chi connectivity index (χ1v) is 5.94. The predicted molar refractivity (Wildman–Crippen MR) is 62.9 cm³/mol. The first kappa shape index (κ1) is 10.1. The number of anilines is 2. The summed E-state index contributed by atoms with van der Waals surface area (Å²) in [4.78, 5) is 11.9. The zero-order chi connectivity index (χ0) is 11.3. The predicted octanol–water partition coefficient (Wildman–Crippen LogP) is 2.73. The molecule has 1 saturated carbocycles. The van der Waals surface area contributed by atoms with Crippen LogP contribution in [-0.2, 0) is 4.79 Å². The van der Waals surface area contributed by atoms with E-state index in [1.165, 1.54) is 6.07 Å². The van der Waals surface area contributed by atoms with Crippen molar-refractivity contribution in [2.45, 2.75) is 12.8 Å². The quantitative estimate of drug-likeness (QED) is 0.769. The molecule has 0 radical (unpaired) electrons. The highest BCUT2D eigenvalue weighted by Crippen LogP contribution is 2.48. The van der Waals surface area contributed by atoms with E-state index in [0.717, 1.165) is 18.5 Å². The minimum atomic E-state index is -0.368. The van der Waals surface area contributed by atoms with Gasteiger partial charge >= 0.3 is 0 Å². The van der Waals surface area contributed by atoms with Gasteiger partial charge in [-0.1, -0.05) is 0 Å². The van der Waals surface area contributed by atoms with E-state index in [9.17, 15) is 9.18 Å². The average Bonchev–Trinajstić information content (AvgIpc) is 3.02. The molecule has 84 valence electrons. The van der Waals surface area contributed by atoms with Crippen LogP contribution in [0.1, 0.15) is 12.8 Å². The highest BCUT2D eigenvalue weighted by molar-refractivity contribution is 9.10. The van der Waals surface area contributed by atoms with E-state index >= 15 is 0 Å². The Balaban J connectivity index is 2.03. The van der Waals surface area contributed by atoms with E-state index in [0.29, 0.717) is 16.7 Å². The lowest BCUT2D eigenvalue weighted by Gasteiger charge is -2.09. The lowest BCUT2D eigenvalue weighted by atomic mass is 10.1. The number of rotatable bonds is 0. The van der Waals surface area contributed by atoms with Crippen molar-refractivity contribution >= 4 is 33.2 Å². The summed E-state index contributed by atoms with van der Waals surface area (Å²) in [5.74, 6) is -0.368. The molecule has 2 aliphatic rings. The minimum Gasteiger partial charge on any atom is -0.382 e. The largest absolute Gasteiger partial charge is 0.382 e. The molecule has 0 unspecified atom stereocenters. The molecular weight excluding hydrogens is 275 g/mol. The number of hydrogen-bond acceptors (Lipinski definition) is 2. The second-order valence-corrected chi connectivity index (χ2v) is 5.25. The molecule has 1 aliphatic carbocycles. The van der Waals surface area contributed by atoms with Crippen LogP contribution in [0.25, 0.3) is 0 Å². The monoisotopic (exact) mass is 284 g/mol. The van der Waals surface area contributed by atoms with E-state index in [4.69, 9.17) is 0 Å². The van der Waals surface area contributed by atoms with Crippen LogP contribution in [0.15, 0.2) is 16.6 Å². The standard InChI is InChI=1S/C11H10BrFN2O/c12-6-3-8-9(4-7(6)13)15-10(16)11(1-2-11)5-14-8/h3-4,14H,1-2,5H2,(H,15,16). The normalized spacial score (nSPS) is 20.8. The van der Waals surface area contributed by atoms with E-state index in [-0.39, 0.29) is 17.1 Å². The van der Waals surface area contributed by atoms with Crippen LogP contribution >= 0.6 is 15.9 Å². The van der Waals surface area contributed by atoms with Crippen molar-refractivity contribution in [2.75, 3.05) is 17.2 Å². The van der Waals surface area contributed by atoms with Gasteiger partial charge in [0.2, 0.25) is 5.91 Å². The molecule has 16 heavy (non-hydrogen) atoms. The van der Waals surface area contributed by atoms with E-state index in [1.54, 1.807) is 6.07 Å². The summed E-state index contributed by atoms with van der Waals surface area (Å²) in [6.45, 7) is 0.629. The van der Waals surface area contributed by atoms with Crippen LogP contribution in [0.3, 0.4) is 0 Å². The number of halogens is 2. The zero-order valence-corrected chi connectivity index (χ0v) is 10.0. The molecule has 0 atom stereocenters. The summed E-state index contributed by atoms with van der Waals surface area (Å²) in [7, 11) is 0. The van der Waals surface area contributed by atoms with Crippen LogP contribution in [0.5, 0.6) is 0 Å². The maximum atomic E-state index is 13.3. The van der Waals surface area contributed by atoms with Crippen LogP contribution in [0.4, 0.5) is 15.8 Å². The summed E-state index contributed by atoms with van der Waals surface area (Å²) in [6, 6.07) is 3.00. The van der Waals surface area contributed by atoms with Crippen molar-refractivity contribution in [2.24, 2.45) is 5.41 Å². The summed E-state index contributed by atoms with van der Waals surface area (Å²) >= 11 is 3.13. The molecule has 3 nitrogen and oxygen atoms in total. The molecule has 0 aromatic heterocycles. The molecule has 3 rings (SSSR count). The number of nitrogens with one attached hydrogen (secondary N) is 2. The zero-order valence-electron chi connectivity index (χ0n) is 8.44. The molecule has 5 heteroatoms. The Morgan fingerprint density at radius 1 is 1.31 bits per heavy atom. The summed E-state index contributed by atoms with van der Waals surface area (Å²) < 4.78 is 13.8. The van der Waals surface area contributed by atoms with Crippen LogP contribution in [0, 0.1) is 11.2 Å². The number of carbonyl (C=O) groups is 1. The molecule has 0 bridgehead atoms. The first-order chi connectivity index (χ1) is 7.61. The molecule has 1 spiro atoms. The van der Waals surface area contributed by atoms with E-state index in [1.807, 2.05) is 0 Å². The lowest BCUT2D eigenvalue weighted by Crippen LogP contribution is -2.27. The van der Waals surface area contributed by atoms with E-state index < -0.39 is 0 Å². The fourth-order valence-corrected chi connectivity index (χ4v) is 2.29. The van der Waals surface area contributed by atoms with Gasteiger partial charge in [0.25, 0.3) is 0 Å². The second kappa shape index (κ2) is 3.20. The third kappa shape index (κ3) is 1.42. The molecular formula is C11H10BrFN2O. The fraction of sp³-hybridized carbons (Fsp3) is 0.364. The first-order valence-electron chi connectivity index (χ1n) is 5.15. The second-order valence-electron chi connectivity index (χ2n) is 4.40. The Morgan fingerprint density at radius 3 is 2.75 bits per heavy atom. The summed E-state index contributed by atoms with van der Waals surface area (Å²) in [5.41, 5.74) is 1.03. The van der Waals surface area contributed by atoms with Crippen molar-refractivity contribution in [1.29, 1.82) is 0 Å². The Hall–Kier alpha value is -1.10. The molecule has 0 saturated heterocycles. The van der Waals surface area contributed by atoms with Gasteiger partial charge in [0.15, 0.2) is 0 Å². The van der Waals surface area contributed by atoms with Crippen molar-refractivity contribution in [1.82, 2.24) is 0 Å². The smallest absolute Gasteiger partial charge is 0.232 e. The maximum absolute atomic E-state index is 13.3. The number of carbonyl (C=O) groups excluding carboxylic acids is 1. The number of fused-ring (bicyclic) bond motifs is 1. The average molecular weight is 285 g/mol. The van der Waals surface area contributed by atoms with E-state index in [2.05, 4.69) is 26.6 Å². The van der Waals surface area contributed by atoms with Gasteiger partial charge in [-0.25, -0.2) is 4.39 Å². The van der Waals surface area contributed by atoms with Crippen molar-refractivity contribution in [3.05, 3.63) is 22.4 Å². The van der Waals surface area contributed by atoms with Crippen molar-refractivity contribution < 1.29 is 9.18 Å². The number of hydrogen-bond donors (Lipinski definition) is 2. The van der Waals surface area contributed by atoms with Crippen molar-refractivity contribution in [3.8, 4) is 0 Å². The molecule has 1 fully saturated rings. The summed E-state index contributed by atoms with van der Waals surface area (Å²) in [5, 5.41) is 5.98. The lowest BCUT2D eigenvalue weighted by molar-refractivity contribution is -0.120. The van der Waals surface area contributed by atoms with Gasteiger partial charge in [-0.2, -0.15) is 0 Å². The molecule has 1 aliphatic heterocycles. The molecule has 1 amide bonds. The van der Waals surface area contributed by atoms with Gasteiger partial charge < -0.3 is 10.6 Å². The van der Waals surface area contributed by atoms with Gasteiger partial charge in [0.1, 0.15) is 5.82 Å². The molecule has 2 N–H and O–H groups in total. The molecule has 1 heterocycles. The minimum absolute atomic E-state index is 0.000437. The molecule has 1 aromatic carbocycles. The molecule has 1 aromatic rings. The van der Waals surface area contributed by atoms with Gasteiger partial charge in [-0.15, -0.1) is 0 Å². The Labute approximate surface area is 101 Å². The van der Waals surface area contributed by atoms with Crippen LogP contribution < -0.4 is 10.6 Å². The third-order valence-corrected chi connectivity index (χ3v) is 3.87. The topological polar surface area (TPSA) is 41.1 Å². The summed E-state index contributed by atoms with van der Waals surface area (Å²) in [6.07, 6.45) is 1.81. The Bertz CT molecular complexity index is 485. The number of amides is 1. The van der Waals surface area contributed by atoms with Gasteiger partial charge in [-0.05, 0) is 34.8 Å². The third-order valence-electron chi connectivity index (χ3n) is 3.26. The Kier molecular flexibility index (Phi) is 2.01. The van der Waals surface area contributed by atoms with Gasteiger partial charge in [0, 0.05) is 12.6 Å². The fourth-order valence-electron chi connectivity index (χ4n) is 1.95.